The minimum Gasteiger partial charge on any atom is -0.469 e. The molecule has 0 aromatic rings. The summed E-state index contributed by atoms with van der Waals surface area (Å²) in [6.45, 7) is 1.76. The van der Waals surface area contributed by atoms with Crippen molar-refractivity contribution >= 4 is 5.97 Å². The van der Waals surface area contributed by atoms with Gasteiger partial charge in [-0.25, -0.2) is 0 Å². The van der Waals surface area contributed by atoms with E-state index < -0.39 is 0 Å². The van der Waals surface area contributed by atoms with Crippen LogP contribution in [0.3, 0.4) is 0 Å². The fourth-order valence-corrected chi connectivity index (χ4v) is 0.144. The van der Waals surface area contributed by atoms with E-state index in [0.29, 0.717) is 6.42 Å². The van der Waals surface area contributed by atoms with Gasteiger partial charge in [-0.05, 0) is 0 Å². The summed E-state index contributed by atoms with van der Waals surface area (Å²) in [6.07, 6.45) is 0.469. The summed E-state index contributed by atoms with van der Waals surface area (Å²) in [5.74, 6) is -0.157. The van der Waals surface area contributed by atoms with Gasteiger partial charge in [0.15, 0.2) is 0 Å². The quantitative estimate of drug-likeness (QED) is 0.520. The van der Waals surface area contributed by atoms with E-state index in [1.165, 1.54) is 7.11 Å². The Balaban J connectivity index is 0. The summed E-state index contributed by atoms with van der Waals surface area (Å²) in [5, 5.41) is 0. The molecule has 0 N–H and O–H groups in total. The molecule has 0 rings (SSSR count). The standard InChI is InChI=1S/C4H8O2.Au/c1-3-4(5)6-2;/h3H2,1-2H3;. The van der Waals surface area contributed by atoms with Gasteiger partial charge in [-0.2, -0.15) is 0 Å². The second-order valence-electron chi connectivity index (χ2n) is 0.930. The molecule has 0 aromatic heterocycles. The van der Waals surface area contributed by atoms with E-state index in [0.717, 1.165) is 0 Å². The van der Waals surface area contributed by atoms with E-state index in [4.69, 9.17) is 0 Å². The second kappa shape index (κ2) is 6.21. The third-order valence-corrected chi connectivity index (χ3v) is 0.516. The van der Waals surface area contributed by atoms with Crippen LogP contribution in [0, 0.1) is 0 Å². The van der Waals surface area contributed by atoms with Crippen molar-refractivity contribution in [3.63, 3.8) is 0 Å². The molecule has 1 radical (unpaired) electrons. The number of carbonyl (C=O) groups excluding carboxylic acids is 1. The van der Waals surface area contributed by atoms with E-state index >= 15 is 0 Å². The van der Waals surface area contributed by atoms with Crippen LogP contribution in [0.4, 0.5) is 0 Å². The van der Waals surface area contributed by atoms with Crippen LogP contribution < -0.4 is 0 Å². The molecule has 0 amide bonds. The molecular weight excluding hydrogens is 277 g/mol. The first-order chi connectivity index (χ1) is 2.81. The van der Waals surface area contributed by atoms with Gasteiger partial charge in [-0.15, -0.1) is 0 Å². The van der Waals surface area contributed by atoms with Crippen molar-refractivity contribution in [2.45, 2.75) is 13.3 Å². The summed E-state index contributed by atoms with van der Waals surface area (Å²) in [6, 6.07) is 0. The Morgan fingerprint density at radius 3 is 2.14 bits per heavy atom. The first kappa shape index (κ1) is 10.2. The second-order valence-corrected chi connectivity index (χ2v) is 0.930. The fourth-order valence-electron chi connectivity index (χ4n) is 0.144. The molecule has 0 spiro atoms. The third kappa shape index (κ3) is 6.21. The molecule has 0 aliphatic heterocycles. The molecule has 0 aromatic carbocycles. The molecule has 0 atom stereocenters. The van der Waals surface area contributed by atoms with E-state index in [1.54, 1.807) is 6.92 Å². The van der Waals surface area contributed by atoms with Crippen molar-refractivity contribution < 1.29 is 31.9 Å². The van der Waals surface area contributed by atoms with Crippen LogP contribution in [0.25, 0.3) is 0 Å². The number of ether oxygens (including phenoxy) is 1. The Bertz CT molecular complexity index is 47.7. The maximum Gasteiger partial charge on any atom is 0.305 e. The van der Waals surface area contributed by atoms with Gasteiger partial charge in [-0.3, -0.25) is 4.79 Å². The largest absolute Gasteiger partial charge is 0.469 e. The predicted octanol–water partition coefficient (Wildman–Crippen LogP) is 0.567. The van der Waals surface area contributed by atoms with Gasteiger partial charge in [-0.1, -0.05) is 6.92 Å². The number of carbonyl (C=O) groups is 1. The SMILES string of the molecule is CCC(=O)OC.[Au]. The number of hydrogen-bond donors (Lipinski definition) is 0. The molecule has 47 valence electrons. The number of esters is 1. The molecule has 0 saturated heterocycles. The summed E-state index contributed by atoms with van der Waals surface area (Å²) >= 11 is 0. The Hall–Kier alpha value is 0.210. The van der Waals surface area contributed by atoms with Gasteiger partial charge in [0.1, 0.15) is 0 Å². The zero-order chi connectivity index (χ0) is 4.99. The fraction of sp³-hybridized carbons (Fsp3) is 0.750. The van der Waals surface area contributed by atoms with Crippen molar-refractivity contribution in [3.05, 3.63) is 0 Å². The molecule has 0 aliphatic rings. The monoisotopic (exact) mass is 285 g/mol. The summed E-state index contributed by atoms with van der Waals surface area (Å²) in [5.41, 5.74) is 0. The van der Waals surface area contributed by atoms with E-state index in [-0.39, 0.29) is 28.3 Å². The van der Waals surface area contributed by atoms with Crippen molar-refractivity contribution in [2.24, 2.45) is 0 Å². The normalized spacial score (nSPS) is 6.57. The molecule has 0 heterocycles. The minimum atomic E-state index is -0.157. The minimum absolute atomic E-state index is 0. The zero-order valence-corrected chi connectivity index (χ0v) is 6.49. The van der Waals surface area contributed by atoms with Gasteiger partial charge in [0, 0.05) is 28.8 Å². The average Bonchev–Trinajstić information content (AvgIpc) is 1.65. The maximum atomic E-state index is 9.96. The Kier molecular flexibility index (Phi) is 9.09. The van der Waals surface area contributed by atoms with E-state index in [1.807, 2.05) is 0 Å². The van der Waals surface area contributed by atoms with E-state index in [2.05, 4.69) is 4.74 Å². The average molecular weight is 285 g/mol. The van der Waals surface area contributed by atoms with Crippen LogP contribution >= 0.6 is 0 Å². The van der Waals surface area contributed by atoms with Crippen LogP contribution in [0.5, 0.6) is 0 Å². The van der Waals surface area contributed by atoms with Gasteiger partial charge >= 0.3 is 5.97 Å². The van der Waals surface area contributed by atoms with E-state index in [9.17, 15) is 4.79 Å². The molecule has 0 unspecified atom stereocenters. The molecule has 0 fully saturated rings. The summed E-state index contributed by atoms with van der Waals surface area (Å²) in [4.78, 5) is 9.96. The summed E-state index contributed by atoms with van der Waals surface area (Å²) in [7, 11) is 1.38. The van der Waals surface area contributed by atoms with Gasteiger partial charge in [0.25, 0.3) is 0 Å². The molecule has 3 heteroatoms. The third-order valence-electron chi connectivity index (χ3n) is 0.516. The predicted molar refractivity (Wildman–Crippen MR) is 22.3 cm³/mol. The first-order valence-corrected chi connectivity index (χ1v) is 1.88. The van der Waals surface area contributed by atoms with Crippen molar-refractivity contribution in [3.8, 4) is 0 Å². The maximum absolute atomic E-state index is 9.96. The molecule has 0 bridgehead atoms. The Labute approximate surface area is 58.7 Å². The van der Waals surface area contributed by atoms with Crippen LogP contribution in [-0.2, 0) is 31.9 Å². The van der Waals surface area contributed by atoms with Crippen molar-refractivity contribution in [2.75, 3.05) is 7.11 Å². The molecule has 2 nitrogen and oxygen atoms in total. The van der Waals surface area contributed by atoms with Gasteiger partial charge < -0.3 is 4.74 Å². The van der Waals surface area contributed by atoms with Crippen LogP contribution in [-0.4, -0.2) is 13.1 Å². The first-order valence-electron chi connectivity index (χ1n) is 1.88. The molecule has 0 saturated carbocycles. The van der Waals surface area contributed by atoms with Gasteiger partial charge in [0.2, 0.25) is 0 Å². The molecular formula is C4H8AuO2. The summed E-state index contributed by atoms with van der Waals surface area (Å²) < 4.78 is 4.26. The van der Waals surface area contributed by atoms with Crippen LogP contribution in [0.15, 0.2) is 0 Å². The number of methoxy groups -OCH3 is 1. The van der Waals surface area contributed by atoms with Crippen LogP contribution in [0.2, 0.25) is 0 Å². The van der Waals surface area contributed by atoms with Gasteiger partial charge in [0.05, 0.1) is 7.11 Å². The van der Waals surface area contributed by atoms with Crippen molar-refractivity contribution in [1.82, 2.24) is 0 Å². The molecule has 0 aliphatic carbocycles. The number of rotatable bonds is 1. The Morgan fingerprint density at radius 2 is 2.14 bits per heavy atom. The molecule has 7 heavy (non-hydrogen) atoms. The topological polar surface area (TPSA) is 26.3 Å². The van der Waals surface area contributed by atoms with Crippen molar-refractivity contribution in [1.29, 1.82) is 0 Å². The zero-order valence-electron chi connectivity index (χ0n) is 4.33. The smallest absolute Gasteiger partial charge is 0.305 e. The van der Waals surface area contributed by atoms with Crippen LogP contribution in [0.1, 0.15) is 13.3 Å². The number of hydrogen-bond acceptors (Lipinski definition) is 2. The Morgan fingerprint density at radius 1 is 1.71 bits per heavy atom.